The quantitative estimate of drug-likeness (QED) is 0.792. The molecule has 0 aliphatic carbocycles. The van der Waals surface area contributed by atoms with Crippen molar-refractivity contribution in [2.45, 2.75) is 26.3 Å². The number of aryl methyl sites for hydroxylation is 1. The van der Waals surface area contributed by atoms with Crippen molar-refractivity contribution in [1.29, 1.82) is 0 Å². The van der Waals surface area contributed by atoms with Crippen LogP contribution in [0.15, 0.2) is 12.3 Å². The van der Waals surface area contributed by atoms with E-state index < -0.39 is 12.5 Å². The molecule has 1 heterocycles. The van der Waals surface area contributed by atoms with Gasteiger partial charge in [0.1, 0.15) is 0 Å². The molecule has 78 valence electrons. The average molecular weight is 221 g/mol. The summed E-state index contributed by atoms with van der Waals surface area (Å²) in [5.41, 5.74) is 1.32. The zero-order valence-electron chi connectivity index (χ0n) is 7.89. The standard InChI is InChI=1S/C9H11ClF2N2/c1-5-3-7(8(10)13-4-5)14-6(2)9(11)12/h3-4,6,9,14H,1-2H3. The van der Waals surface area contributed by atoms with Crippen LogP contribution in [-0.2, 0) is 0 Å². The van der Waals surface area contributed by atoms with E-state index in [9.17, 15) is 8.78 Å². The van der Waals surface area contributed by atoms with Gasteiger partial charge in [0.2, 0.25) is 0 Å². The van der Waals surface area contributed by atoms with Crippen LogP contribution in [0.4, 0.5) is 14.5 Å². The lowest BCUT2D eigenvalue weighted by Crippen LogP contribution is -2.24. The summed E-state index contributed by atoms with van der Waals surface area (Å²) in [6.45, 7) is 3.21. The Bertz CT molecular complexity index is 318. The molecule has 1 N–H and O–H groups in total. The van der Waals surface area contributed by atoms with Crippen LogP contribution in [0.25, 0.3) is 0 Å². The molecule has 1 aromatic rings. The summed E-state index contributed by atoms with van der Waals surface area (Å²) in [7, 11) is 0. The van der Waals surface area contributed by atoms with Gasteiger partial charge in [0.15, 0.2) is 5.15 Å². The second kappa shape index (κ2) is 4.55. The summed E-state index contributed by atoms with van der Waals surface area (Å²) in [6.07, 6.45) is -0.841. The highest BCUT2D eigenvalue weighted by Gasteiger charge is 2.15. The Morgan fingerprint density at radius 1 is 1.50 bits per heavy atom. The summed E-state index contributed by atoms with van der Waals surface area (Å²) in [4.78, 5) is 3.85. The molecule has 0 bridgehead atoms. The monoisotopic (exact) mass is 220 g/mol. The number of anilines is 1. The molecule has 0 aliphatic rings. The zero-order chi connectivity index (χ0) is 10.7. The Kier molecular flexibility index (Phi) is 3.63. The lowest BCUT2D eigenvalue weighted by molar-refractivity contribution is 0.130. The van der Waals surface area contributed by atoms with E-state index in [1.165, 1.54) is 6.92 Å². The van der Waals surface area contributed by atoms with E-state index in [1.54, 1.807) is 12.3 Å². The van der Waals surface area contributed by atoms with Crippen LogP contribution in [0.1, 0.15) is 12.5 Å². The molecular weight excluding hydrogens is 210 g/mol. The van der Waals surface area contributed by atoms with Crippen LogP contribution in [0, 0.1) is 6.92 Å². The van der Waals surface area contributed by atoms with Gasteiger partial charge in [0.25, 0.3) is 6.43 Å². The van der Waals surface area contributed by atoms with Gasteiger partial charge in [-0.15, -0.1) is 0 Å². The molecule has 1 aromatic heterocycles. The number of aromatic nitrogens is 1. The van der Waals surface area contributed by atoms with Crippen LogP contribution in [0.5, 0.6) is 0 Å². The second-order valence-electron chi connectivity index (χ2n) is 3.12. The lowest BCUT2D eigenvalue weighted by atomic mass is 10.2. The molecule has 1 rings (SSSR count). The van der Waals surface area contributed by atoms with E-state index in [0.717, 1.165) is 5.56 Å². The van der Waals surface area contributed by atoms with Gasteiger partial charge in [0.05, 0.1) is 11.7 Å². The lowest BCUT2D eigenvalue weighted by Gasteiger charge is -2.15. The fourth-order valence-electron chi connectivity index (χ4n) is 0.962. The largest absolute Gasteiger partial charge is 0.374 e. The Labute approximate surface area is 86.3 Å². The smallest absolute Gasteiger partial charge is 0.258 e. The highest BCUT2D eigenvalue weighted by atomic mass is 35.5. The number of hydrogen-bond donors (Lipinski definition) is 1. The first kappa shape index (κ1) is 11.2. The number of rotatable bonds is 3. The summed E-state index contributed by atoms with van der Waals surface area (Å²) in [6, 6.07) is 0.755. The van der Waals surface area contributed by atoms with Gasteiger partial charge >= 0.3 is 0 Å². The van der Waals surface area contributed by atoms with Gasteiger partial charge < -0.3 is 5.32 Å². The van der Waals surface area contributed by atoms with Gasteiger partial charge in [-0.1, -0.05) is 11.6 Å². The second-order valence-corrected chi connectivity index (χ2v) is 3.48. The molecule has 2 nitrogen and oxygen atoms in total. The Morgan fingerprint density at radius 3 is 2.71 bits per heavy atom. The molecule has 5 heteroatoms. The van der Waals surface area contributed by atoms with Crippen molar-refractivity contribution in [3.05, 3.63) is 23.0 Å². The predicted molar refractivity (Wildman–Crippen MR) is 53.1 cm³/mol. The van der Waals surface area contributed by atoms with Crippen molar-refractivity contribution >= 4 is 17.3 Å². The summed E-state index contributed by atoms with van der Waals surface area (Å²) >= 11 is 5.73. The van der Waals surface area contributed by atoms with E-state index in [1.807, 2.05) is 6.92 Å². The van der Waals surface area contributed by atoms with Gasteiger partial charge in [-0.05, 0) is 25.5 Å². The average Bonchev–Trinajstić information content (AvgIpc) is 2.11. The van der Waals surface area contributed by atoms with E-state index in [0.29, 0.717) is 5.69 Å². The van der Waals surface area contributed by atoms with Crippen molar-refractivity contribution in [3.63, 3.8) is 0 Å². The molecule has 0 saturated carbocycles. The van der Waals surface area contributed by atoms with Crippen LogP contribution in [0.3, 0.4) is 0 Å². The molecule has 1 unspecified atom stereocenters. The van der Waals surface area contributed by atoms with Crippen molar-refractivity contribution in [2.24, 2.45) is 0 Å². The molecule has 0 aliphatic heterocycles. The normalized spacial score (nSPS) is 13.0. The van der Waals surface area contributed by atoms with Gasteiger partial charge in [-0.3, -0.25) is 0 Å². The number of pyridine rings is 1. The number of alkyl halides is 2. The molecule has 0 fully saturated rings. The van der Waals surface area contributed by atoms with Crippen LogP contribution >= 0.6 is 11.6 Å². The zero-order valence-corrected chi connectivity index (χ0v) is 8.65. The molecule has 0 aromatic carbocycles. The van der Waals surface area contributed by atoms with E-state index in [-0.39, 0.29) is 5.15 Å². The van der Waals surface area contributed by atoms with Gasteiger partial charge in [-0.25, -0.2) is 13.8 Å². The number of hydrogen-bond acceptors (Lipinski definition) is 2. The fraction of sp³-hybridized carbons (Fsp3) is 0.444. The van der Waals surface area contributed by atoms with Crippen molar-refractivity contribution in [3.8, 4) is 0 Å². The first-order valence-electron chi connectivity index (χ1n) is 4.17. The Hall–Kier alpha value is -0.900. The minimum atomic E-state index is -2.42. The molecular formula is C9H11ClF2N2. The van der Waals surface area contributed by atoms with E-state index in [4.69, 9.17) is 11.6 Å². The molecule has 0 spiro atoms. The molecule has 14 heavy (non-hydrogen) atoms. The highest BCUT2D eigenvalue weighted by molar-refractivity contribution is 6.31. The van der Waals surface area contributed by atoms with Crippen molar-refractivity contribution < 1.29 is 8.78 Å². The van der Waals surface area contributed by atoms with Gasteiger partial charge in [0, 0.05) is 6.20 Å². The fourth-order valence-corrected chi connectivity index (χ4v) is 1.12. The highest BCUT2D eigenvalue weighted by Crippen LogP contribution is 2.21. The topological polar surface area (TPSA) is 24.9 Å². The number of halogens is 3. The maximum absolute atomic E-state index is 12.2. The van der Waals surface area contributed by atoms with Gasteiger partial charge in [-0.2, -0.15) is 0 Å². The predicted octanol–water partition coefficient (Wildman–Crippen LogP) is 3.11. The third kappa shape index (κ3) is 2.80. The molecule has 0 saturated heterocycles. The maximum Gasteiger partial charge on any atom is 0.258 e. The molecule has 0 amide bonds. The minimum absolute atomic E-state index is 0.211. The van der Waals surface area contributed by atoms with E-state index >= 15 is 0 Å². The first-order chi connectivity index (χ1) is 6.50. The molecule has 1 atom stereocenters. The SMILES string of the molecule is Cc1cnc(Cl)c(NC(C)C(F)F)c1. The Balaban J connectivity index is 2.80. The van der Waals surface area contributed by atoms with Crippen LogP contribution < -0.4 is 5.32 Å². The van der Waals surface area contributed by atoms with Crippen molar-refractivity contribution in [1.82, 2.24) is 4.98 Å². The maximum atomic E-state index is 12.2. The third-order valence-corrected chi connectivity index (χ3v) is 2.04. The summed E-state index contributed by atoms with van der Waals surface area (Å²) < 4.78 is 24.4. The van der Waals surface area contributed by atoms with E-state index in [2.05, 4.69) is 10.3 Å². The number of nitrogens with zero attached hydrogens (tertiary/aromatic N) is 1. The Morgan fingerprint density at radius 2 is 2.14 bits per heavy atom. The summed E-state index contributed by atoms with van der Waals surface area (Å²) in [5.74, 6) is 0. The minimum Gasteiger partial charge on any atom is -0.374 e. The number of nitrogens with one attached hydrogen (secondary N) is 1. The van der Waals surface area contributed by atoms with Crippen molar-refractivity contribution in [2.75, 3.05) is 5.32 Å². The van der Waals surface area contributed by atoms with Crippen LogP contribution in [0.2, 0.25) is 5.15 Å². The third-order valence-electron chi connectivity index (χ3n) is 1.74. The molecule has 0 radical (unpaired) electrons. The van der Waals surface area contributed by atoms with Crippen LogP contribution in [-0.4, -0.2) is 17.5 Å². The first-order valence-corrected chi connectivity index (χ1v) is 4.55. The summed E-state index contributed by atoms with van der Waals surface area (Å²) in [5, 5.41) is 2.82.